The van der Waals surface area contributed by atoms with E-state index in [9.17, 15) is 0 Å². The second-order valence-electron chi connectivity index (χ2n) is 8.73. The third-order valence-electron chi connectivity index (χ3n) is 0.816. The Balaban J connectivity index is -0.0000000510. The lowest BCUT2D eigenvalue weighted by atomic mass is 10.2. The van der Waals surface area contributed by atoms with Crippen LogP contribution in [0.25, 0.3) is 0 Å². The van der Waals surface area contributed by atoms with Crippen LogP contribution < -0.4 is 0 Å². The van der Waals surface area contributed by atoms with Crippen molar-refractivity contribution >= 4 is 0 Å². The highest BCUT2D eigenvalue weighted by atomic mass is 13.9. The minimum absolute atomic E-state index is 0.833. The van der Waals surface area contributed by atoms with Gasteiger partial charge in [0.15, 0.2) is 0 Å². The molecule has 0 aliphatic rings. The molecule has 136 valence electrons. The lowest BCUT2D eigenvalue weighted by molar-refractivity contribution is 0.626. The van der Waals surface area contributed by atoms with E-state index in [4.69, 9.17) is 0 Å². The highest BCUT2D eigenvalue weighted by Gasteiger charge is 1.80. The largest absolute Gasteiger partial charge is 0.0651 e. The fourth-order valence-corrected chi connectivity index (χ4v) is 0. The van der Waals surface area contributed by atoms with Gasteiger partial charge in [0.2, 0.25) is 0 Å². The zero-order valence-electron chi connectivity index (χ0n) is 18.6. The molecule has 0 spiro atoms. The van der Waals surface area contributed by atoms with Crippen molar-refractivity contribution in [2.75, 3.05) is 0 Å². The third kappa shape index (κ3) is 1620. The predicted octanol–water partition coefficient (Wildman–Crippen LogP) is 8.70. The maximum atomic E-state index is 2.22. The van der Waals surface area contributed by atoms with E-state index < -0.39 is 0 Å². The molecular formula is C21H52. The van der Waals surface area contributed by atoms with Crippen molar-refractivity contribution in [1.82, 2.24) is 0 Å². The normalized spacial score (nSPS) is 9.14. The third-order valence-corrected chi connectivity index (χ3v) is 0.816. The summed E-state index contributed by atoms with van der Waals surface area (Å²) in [6.45, 7) is 32.6. The molecular weight excluding hydrogens is 252 g/mol. The number of hydrogen-bond acceptors (Lipinski definition) is 0. The second kappa shape index (κ2) is 28.2. The van der Waals surface area contributed by atoms with Crippen molar-refractivity contribution in [1.29, 1.82) is 0 Å². The molecule has 0 heteroatoms. The molecule has 0 aliphatic heterocycles. The Morgan fingerprint density at radius 1 is 0.381 bits per heavy atom. The van der Waals surface area contributed by atoms with Crippen LogP contribution in [0.4, 0.5) is 0 Å². The van der Waals surface area contributed by atoms with Crippen LogP contribution in [0.15, 0.2) is 0 Å². The molecule has 21 heavy (non-hydrogen) atoms. The molecule has 0 nitrogen and oxygen atoms in total. The van der Waals surface area contributed by atoms with Gasteiger partial charge in [-0.1, -0.05) is 110 Å². The minimum Gasteiger partial charge on any atom is -0.0651 e. The smallest absolute Gasteiger partial charge is 0.0474 e. The van der Waals surface area contributed by atoms with Crippen LogP contribution in [0.2, 0.25) is 0 Å². The van der Waals surface area contributed by atoms with Crippen molar-refractivity contribution in [2.24, 2.45) is 29.6 Å². The Kier molecular flexibility index (Phi) is 44.1. The predicted molar refractivity (Wildman–Crippen MR) is 107 cm³/mol. The fraction of sp³-hybridized carbons (Fsp3) is 1.00. The van der Waals surface area contributed by atoms with E-state index in [0.29, 0.717) is 0 Å². The molecule has 0 aliphatic carbocycles. The van der Waals surface area contributed by atoms with Gasteiger partial charge in [-0.15, -0.1) is 0 Å². The summed E-state index contributed by atoms with van der Waals surface area (Å²) in [5.74, 6) is 4.22. The molecule has 0 saturated carbocycles. The number of hydrogen-bond donors (Lipinski definition) is 0. The van der Waals surface area contributed by atoms with Gasteiger partial charge in [-0.3, -0.25) is 0 Å². The Morgan fingerprint density at radius 2 is 0.429 bits per heavy atom. The average molecular weight is 305 g/mol. The van der Waals surface area contributed by atoms with E-state index in [1.165, 1.54) is 6.42 Å². The zero-order chi connectivity index (χ0) is 18.6. The van der Waals surface area contributed by atoms with Gasteiger partial charge in [-0.25, -0.2) is 0 Å². The molecule has 0 rings (SSSR count). The molecule has 0 bridgehead atoms. The summed E-state index contributed by atoms with van der Waals surface area (Å²) in [5, 5.41) is 0. The van der Waals surface area contributed by atoms with Crippen LogP contribution in [-0.4, -0.2) is 0 Å². The molecule has 0 unspecified atom stereocenters. The average Bonchev–Trinajstić information content (AvgIpc) is 2.13. The van der Waals surface area contributed by atoms with Crippen molar-refractivity contribution in [3.63, 3.8) is 0 Å². The first-order valence-electron chi connectivity index (χ1n) is 9.20. The second-order valence-corrected chi connectivity index (χ2v) is 8.73. The first kappa shape index (κ1) is 32.8. The van der Waals surface area contributed by atoms with Gasteiger partial charge in [-0.2, -0.15) is 0 Å². The first-order chi connectivity index (χ1) is 9.20. The van der Waals surface area contributed by atoms with Gasteiger partial charge in [0.05, 0.1) is 0 Å². The SMILES string of the molecule is CC(C)C.CC(C)C.CC(C)C.CC(C)C.CCC(C)C. The van der Waals surface area contributed by atoms with E-state index in [0.717, 1.165) is 29.6 Å². The minimum atomic E-state index is 0.833. The monoisotopic (exact) mass is 304 g/mol. The summed E-state index contributed by atoms with van der Waals surface area (Å²) >= 11 is 0. The molecule has 0 heterocycles. The van der Waals surface area contributed by atoms with E-state index >= 15 is 0 Å². The topological polar surface area (TPSA) is 0 Å². The highest BCUT2D eigenvalue weighted by Crippen LogP contribution is 1.93. The van der Waals surface area contributed by atoms with E-state index in [-0.39, 0.29) is 0 Å². The lowest BCUT2D eigenvalue weighted by Gasteiger charge is -1.90. The Morgan fingerprint density at radius 3 is 0.429 bits per heavy atom. The van der Waals surface area contributed by atoms with Crippen molar-refractivity contribution in [2.45, 2.75) is 110 Å². The van der Waals surface area contributed by atoms with E-state index in [2.05, 4.69) is 104 Å². The van der Waals surface area contributed by atoms with Crippen LogP contribution in [-0.2, 0) is 0 Å². The van der Waals surface area contributed by atoms with Gasteiger partial charge < -0.3 is 0 Å². The summed E-state index contributed by atoms with van der Waals surface area (Å²) in [7, 11) is 0. The molecule has 0 atom stereocenters. The van der Waals surface area contributed by atoms with Crippen LogP contribution in [0.3, 0.4) is 0 Å². The van der Waals surface area contributed by atoms with E-state index in [1.54, 1.807) is 0 Å². The molecule has 0 amide bonds. The van der Waals surface area contributed by atoms with Crippen LogP contribution >= 0.6 is 0 Å². The van der Waals surface area contributed by atoms with Crippen LogP contribution in [0, 0.1) is 29.6 Å². The molecule has 0 saturated heterocycles. The summed E-state index contributed by atoms with van der Waals surface area (Å²) < 4.78 is 0. The molecule has 0 aromatic rings. The van der Waals surface area contributed by atoms with Crippen molar-refractivity contribution in [3.05, 3.63) is 0 Å². The number of rotatable bonds is 1. The standard InChI is InChI=1S/C5H12.4C4H10/c1-4-5(2)3;4*1-4(2)3/h5H,4H2,1-3H3;4*4H,1-3H3. The molecule has 0 radical (unpaired) electrons. The first-order valence-corrected chi connectivity index (χ1v) is 9.20. The van der Waals surface area contributed by atoms with Crippen molar-refractivity contribution < 1.29 is 0 Å². The highest BCUT2D eigenvalue weighted by molar-refractivity contribution is 4.32. The molecule has 0 fully saturated rings. The van der Waals surface area contributed by atoms with Crippen molar-refractivity contribution in [3.8, 4) is 0 Å². The summed E-state index contributed by atoms with van der Waals surface area (Å²) in [6.07, 6.45) is 1.31. The van der Waals surface area contributed by atoms with Gasteiger partial charge in [0, 0.05) is 0 Å². The summed E-state index contributed by atoms with van der Waals surface area (Å²) in [6, 6.07) is 0. The quantitative estimate of drug-likeness (QED) is 0.454. The van der Waals surface area contributed by atoms with Crippen LogP contribution in [0.1, 0.15) is 110 Å². The molecule has 0 N–H and O–H groups in total. The fourth-order valence-electron chi connectivity index (χ4n) is 0. The van der Waals surface area contributed by atoms with E-state index in [1.807, 2.05) is 0 Å². The lowest BCUT2D eigenvalue weighted by Crippen LogP contribution is -1.77. The maximum Gasteiger partial charge on any atom is -0.0474 e. The van der Waals surface area contributed by atoms with Gasteiger partial charge in [0.1, 0.15) is 0 Å². The Labute approximate surface area is 140 Å². The van der Waals surface area contributed by atoms with Gasteiger partial charge in [0.25, 0.3) is 0 Å². The summed E-state index contributed by atoms with van der Waals surface area (Å²) in [5.41, 5.74) is 0. The van der Waals surface area contributed by atoms with Gasteiger partial charge in [-0.05, 0) is 29.6 Å². The van der Waals surface area contributed by atoms with Crippen LogP contribution in [0.5, 0.6) is 0 Å². The Bertz CT molecular complexity index is 83.0. The molecule has 0 aromatic heterocycles. The van der Waals surface area contributed by atoms with Gasteiger partial charge >= 0.3 is 0 Å². The zero-order valence-corrected chi connectivity index (χ0v) is 18.6. The molecule has 0 aromatic carbocycles. The Hall–Kier alpha value is 0. The summed E-state index contributed by atoms with van der Waals surface area (Å²) in [4.78, 5) is 0. The maximum absolute atomic E-state index is 2.22.